The number of nitrogens with zero attached hydrogens (tertiary/aromatic N) is 4. The van der Waals surface area contributed by atoms with Gasteiger partial charge in [-0.25, -0.2) is 19.7 Å². The van der Waals surface area contributed by atoms with Crippen LogP contribution in [0.15, 0.2) is 36.9 Å². The Labute approximate surface area is 195 Å². The van der Waals surface area contributed by atoms with Crippen molar-refractivity contribution in [1.82, 2.24) is 24.8 Å². The molecule has 1 aliphatic heterocycles. The van der Waals surface area contributed by atoms with Crippen molar-refractivity contribution in [2.24, 2.45) is 0 Å². The first kappa shape index (κ1) is 22.3. The molecule has 5 N–H and O–H groups in total. The van der Waals surface area contributed by atoms with E-state index in [2.05, 4.69) is 53.5 Å². The van der Waals surface area contributed by atoms with Crippen LogP contribution in [0.4, 0.5) is 16.3 Å². The molecule has 1 aromatic carbocycles. The molecule has 0 radical (unpaired) electrons. The molecule has 0 saturated carbocycles. The van der Waals surface area contributed by atoms with Gasteiger partial charge in [0.05, 0.1) is 12.0 Å². The van der Waals surface area contributed by atoms with Crippen LogP contribution in [0.3, 0.4) is 0 Å². The van der Waals surface area contributed by atoms with Gasteiger partial charge in [0.1, 0.15) is 18.5 Å². The Morgan fingerprint density at radius 2 is 1.94 bits per heavy atom. The lowest BCUT2D eigenvalue weighted by atomic mass is 10.1. The summed E-state index contributed by atoms with van der Waals surface area (Å²) in [6, 6.07) is 6.76. The highest BCUT2D eigenvalue weighted by Crippen LogP contribution is 2.32. The zero-order valence-corrected chi connectivity index (χ0v) is 18.9. The number of amides is 3. The average Bonchev–Trinajstić information content (AvgIpc) is 3.32. The number of aliphatic hydroxyl groups excluding tert-OH is 2. The number of carbonyl (C=O) groups is 2. The lowest BCUT2D eigenvalue weighted by Gasteiger charge is -2.16. The van der Waals surface area contributed by atoms with Crippen molar-refractivity contribution >= 4 is 57.2 Å². The maximum absolute atomic E-state index is 12.5. The number of fused-ring (bicyclic) bond motifs is 1. The number of ether oxygens (including phenoxy) is 1. The molecule has 13 heteroatoms. The van der Waals surface area contributed by atoms with Crippen LogP contribution in [-0.4, -0.2) is 66.5 Å². The molecule has 1 fully saturated rings. The number of aliphatic hydroxyl groups is 2. The Morgan fingerprint density at radius 1 is 1.16 bits per heavy atom. The Morgan fingerprint density at radius 3 is 2.69 bits per heavy atom. The number of benzene rings is 1. The number of halogens is 1. The largest absolute Gasteiger partial charge is 0.387 e. The van der Waals surface area contributed by atoms with Gasteiger partial charge in [0, 0.05) is 10.1 Å². The minimum atomic E-state index is -1.43. The van der Waals surface area contributed by atoms with Crippen LogP contribution in [0.5, 0.6) is 0 Å². The molecular formula is C19H20IN7O5. The molecule has 0 bridgehead atoms. The van der Waals surface area contributed by atoms with Gasteiger partial charge in [-0.2, -0.15) is 0 Å². The third-order valence-electron chi connectivity index (χ3n) is 4.83. The fourth-order valence-electron chi connectivity index (χ4n) is 3.33. The number of anilines is 2. The number of para-hydroxylation sites is 1. The number of likely N-dealkylation sites (N-methyl/N-ethyl adjacent to an activating group) is 1. The maximum atomic E-state index is 12.5. The molecule has 4 unspecified atom stereocenters. The van der Waals surface area contributed by atoms with Crippen molar-refractivity contribution in [2.45, 2.75) is 31.5 Å². The minimum absolute atomic E-state index is 0.144. The van der Waals surface area contributed by atoms with E-state index in [0.717, 1.165) is 3.57 Å². The summed E-state index contributed by atoms with van der Waals surface area (Å²) in [5.41, 5.74) is 1.13. The Bertz CT molecular complexity index is 1160. The van der Waals surface area contributed by atoms with Crippen LogP contribution in [0.1, 0.15) is 13.2 Å². The molecule has 1 aliphatic rings. The molecular weight excluding hydrogens is 533 g/mol. The van der Waals surface area contributed by atoms with Crippen molar-refractivity contribution in [3.63, 3.8) is 0 Å². The van der Waals surface area contributed by atoms with Crippen molar-refractivity contribution in [3.05, 3.63) is 40.5 Å². The monoisotopic (exact) mass is 553 g/mol. The highest BCUT2D eigenvalue weighted by atomic mass is 127. The van der Waals surface area contributed by atoms with E-state index in [1.165, 1.54) is 17.2 Å². The van der Waals surface area contributed by atoms with Gasteiger partial charge in [-0.15, -0.1) is 0 Å². The molecule has 32 heavy (non-hydrogen) atoms. The van der Waals surface area contributed by atoms with Crippen LogP contribution >= 0.6 is 22.6 Å². The zero-order chi connectivity index (χ0) is 22.8. The summed E-state index contributed by atoms with van der Waals surface area (Å²) in [5, 5.41) is 28.6. The standard InChI is InChI=1S/C19H20IN7O5/c1-2-21-17(30)14-12(28)13(29)18(32-14)27-8-24-11-15(22-7-23-16(11)27)26-19(31)25-10-6-4-3-5-9(10)20/h3-8,12-14,18,28-29H,2H2,1H3,(H,21,30)(H2,22,23,25,26,31). The second kappa shape index (κ2) is 9.32. The predicted octanol–water partition coefficient (Wildman–Crippen LogP) is 0.830. The highest BCUT2D eigenvalue weighted by molar-refractivity contribution is 14.1. The van der Waals surface area contributed by atoms with Crippen LogP contribution in [0, 0.1) is 3.57 Å². The van der Waals surface area contributed by atoms with E-state index in [1.807, 2.05) is 12.1 Å². The second-order valence-corrected chi connectivity index (χ2v) is 8.09. The lowest BCUT2D eigenvalue weighted by molar-refractivity contribution is -0.137. The highest BCUT2D eigenvalue weighted by Gasteiger charge is 2.47. The fourth-order valence-corrected chi connectivity index (χ4v) is 3.86. The minimum Gasteiger partial charge on any atom is -0.387 e. The fraction of sp³-hybridized carbons (Fsp3) is 0.316. The number of urea groups is 1. The average molecular weight is 553 g/mol. The number of imidazole rings is 1. The maximum Gasteiger partial charge on any atom is 0.324 e. The Balaban J connectivity index is 1.56. The predicted molar refractivity (Wildman–Crippen MR) is 122 cm³/mol. The lowest BCUT2D eigenvalue weighted by Crippen LogP contribution is -2.42. The number of nitrogens with one attached hydrogen (secondary N) is 3. The van der Waals surface area contributed by atoms with Crippen LogP contribution in [0.25, 0.3) is 11.2 Å². The third-order valence-corrected chi connectivity index (χ3v) is 5.78. The first-order valence-corrected chi connectivity index (χ1v) is 10.8. The normalized spacial score (nSPS) is 22.6. The van der Waals surface area contributed by atoms with E-state index in [0.29, 0.717) is 12.2 Å². The summed E-state index contributed by atoms with van der Waals surface area (Å²) in [7, 11) is 0. The number of carbonyl (C=O) groups excluding carboxylic acids is 2. The van der Waals surface area contributed by atoms with Gasteiger partial charge >= 0.3 is 6.03 Å². The molecule has 1 saturated heterocycles. The number of hydrogen-bond donors (Lipinski definition) is 5. The van der Waals surface area contributed by atoms with Gasteiger partial charge in [0.15, 0.2) is 29.3 Å². The van der Waals surface area contributed by atoms with Crippen molar-refractivity contribution in [3.8, 4) is 0 Å². The van der Waals surface area contributed by atoms with Crippen LogP contribution in [-0.2, 0) is 9.53 Å². The summed E-state index contributed by atoms with van der Waals surface area (Å²) in [6.07, 6.45) is -2.61. The summed E-state index contributed by atoms with van der Waals surface area (Å²) in [5.74, 6) is -0.388. The van der Waals surface area contributed by atoms with E-state index in [9.17, 15) is 19.8 Å². The first-order valence-electron chi connectivity index (χ1n) is 9.70. The number of aromatic nitrogens is 4. The first-order chi connectivity index (χ1) is 15.4. The molecule has 3 aromatic rings. The molecule has 3 heterocycles. The van der Waals surface area contributed by atoms with Gasteiger partial charge in [0.2, 0.25) is 0 Å². The van der Waals surface area contributed by atoms with E-state index in [4.69, 9.17) is 4.74 Å². The molecule has 0 aliphatic carbocycles. The van der Waals surface area contributed by atoms with E-state index in [1.54, 1.807) is 19.1 Å². The second-order valence-electron chi connectivity index (χ2n) is 6.93. The molecule has 4 rings (SSSR count). The molecule has 2 aromatic heterocycles. The smallest absolute Gasteiger partial charge is 0.324 e. The van der Waals surface area contributed by atoms with Gasteiger partial charge in [-0.1, -0.05) is 12.1 Å². The van der Waals surface area contributed by atoms with E-state index in [-0.39, 0.29) is 17.0 Å². The van der Waals surface area contributed by atoms with Crippen molar-refractivity contribution < 1.29 is 24.5 Å². The van der Waals surface area contributed by atoms with Gasteiger partial charge < -0.3 is 25.6 Å². The van der Waals surface area contributed by atoms with Gasteiger partial charge in [-0.3, -0.25) is 14.7 Å². The zero-order valence-electron chi connectivity index (χ0n) is 16.8. The molecule has 12 nitrogen and oxygen atoms in total. The SMILES string of the molecule is CCNC(=O)C1OC(n2cnc3c(NC(=O)Nc4ccccc4I)ncnc32)C(O)C1O. The molecule has 3 amide bonds. The van der Waals surface area contributed by atoms with Gasteiger partial charge in [0.25, 0.3) is 5.91 Å². The molecule has 0 spiro atoms. The summed E-state index contributed by atoms with van der Waals surface area (Å²) < 4.78 is 7.86. The van der Waals surface area contributed by atoms with Crippen molar-refractivity contribution in [2.75, 3.05) is 17.2 Å². The third kappa shape index (κ3) is 4.23. The summed E-state index contributed by atoms with van der Waals surface area (Å²) in [6.45, 7) is 2.09. The molecule has 168 valence electrons. The van der Waals surface area contributed by atoms with Crippen molar-refractivity contribution in [1.29, 1.82) is 0 Å². The topological polar surface area (TPSA) is 164 Å². The van der Waals surface area contributed by atoms with Crippen LogP contribution < -0.4 is 16.0 Å². The Kier molecular flexibility index (Phi) is 6.50. The number of rotatable bonds is 5. The van der Waals surface area contributed by atoms with Crippen LogP contribution in [0.2, 0.25) is 0 Å². The summed E-state index contributed by atoms with van der Waals surface area (Å²) >= 11 is 2.11. The quantitative estimate of drug-likeness (QED) is 0.290. The van der Waals surface area contributed by atoms with E-state index < -0.39 is 36.5 Å². The van der Waals surface area contributed by atoms with E-state index >= 15 is 0 Å². The van der Waals surface area contributed by atoms with Gasteiger partial charge in [-0.05, 0) is 41.6 Å². The molecule has 4 atom stereocenters. The summed E-state index contributed by atoms with van der Waals surface area (Å²) in [4.78, 5) is 37.0. The Hall–Kier alpha value is -2.88. The number of hydrogen-bond acceptors (Lipinski definition) is 8.